The minimum absolute atomic E-state index is 0.0882. The molecule has 2 aromatic heterocycles. The predicted octanol–water partition coefficient (Wildman–Crippen LogP) is 2.77. The van der Waals surface area contributed by atoms with Crippen LogP contribution in [0.2, 0.25) is 0 Å². The van der Waals surface area contributed by atoms with E-state index in [1.807, 2.05) is 55.5 Å². The lowest BCUT2D eigenvalue weighted by Crippen LogP contribution is -2.28. The third kappa shape index (κ3) is 5.01. The molecule has 0 fully saturated rings. The van der Waals surface area contributed by atoms with Gasteiger partial charge in [0.15, 0.2) is 5.82 Å². The van der Waals surface area contributed by atoms with Crippen LogP contribution in [0.25, 0.3) is 0 Å². The Morgan fingerprint density at radius 2 is 1.58 bits per heavy atom. The Morgan fingerprint density at radius 1 is 0.885 bits per heavy atom. The minimum Gasteiger partial charge on any atom is -0.367 e. The van der Waals surface area contributed by atoms with Crippen LogP contribution < -0.4 is 16.0 Å². The van der Waals surface area contributed by atoms with Gasteiger partial charge in [-0.1, -0.05) is 17.7 Å². The standard InChI is InChI=1S/C19H20N6O/c1-14-2-4-15(5-3-14)19(26)22-13-12-21-17-6-7-18(25-24-17)23-16-8-10-20-11-9-16/h2-11H,12-13H2,1H3,(H,21,24)(H,22,26)(H,20,23,25). The highest BCUT2D eigenvalue weighted by Gasteiger charge is 2.04. The van der Waals surface area contributed by atoms with Gasteiger partial charge in [0.1, 0.15) is 5.82 Å². The van der Waals surface area contributed by atoms with E-state index in [9.17, 15) is 4.79 Å². The monoisotopic (exact) mass is 348 g/mol. The Hall–Kier alpha value is -3.48. The van der Waals surface area contributed by atoms with Crippen LogP contribution in [0.5, 0.6) is 0 Å². The van der Waals surface area contributed by atoms with Crippen molar-refractivity contribution in [2.45, 2.75) is 6.92 Å². The van der Waals surface area contributed by atoms with E-state index in [1.54, 1.807) is 12.4 Å². The van der Waals surface area contributed by atoms with Gasteiger partial charge in [-0.3, -0.25) is 9.78 Å². The van der Waals surface area contributed by atoms with Crippen molar-refractivity contribution in [3.05, 3.63) is 72.1 Å². The number of amides is 1. The van der Waals surface area contributed by atoms with Crippen LogP contribution in [0.4, 0.5) is 17.3 Å². The number of nitrogens with zero attached hydrogens (tertiary/aromatic N) is 3. The molecule has 0 spiro atoms. The molecule has 7 heteroatoms. The molecular formula is C19H20N6O. The number of pyridine rings is 1. The van der Waals surface area contributed by atoms with Gasteiger partial charge in [0.25, 0.3) is 5.91 Å². The number of hydrogen-bond acceptors (Lipinski definition) is 6. The minimum atomic E-state index is -0.0882. The quantitative estimate of drug-likeness (QED) is 0.569. The topological polar surface area (TPSA) is 91.8 Å². The summed E-state index contributed by atoms with van der Waals surface area (Å²) in [5.41, 5.74) is 2.68. The van der Waals surface area contributed by atoms with Crippen molar-refractivity contribution in [2.24, 2.45) is 0 Å². The van der Waals surface area contributed by atoms with Gasteiger partial charge in [-0.25, -0.2) is 0 Å². The molecule has 0 bridgehead atoms. The molecule has 0 aliphatic carbocycles. The first-order chi connectivity index (χ1) is 12.7. The molecule has 0 atom stereocenters. The van der Waals surface area contributed by atoms with Crippen molar-refractivity contribution in [2.75, 3.05) is 23.7 Å². The summed E-state index contributed by atoms with van der Waals surface area (Å²) in [4.78, 5) is 16.0. The maximum Gasteiger partial charge on any atom is 0.251 e. The zero-order valence-corrected chi connectivity index (χ0v) is 14.4. The molecule has 1 aromatic carbocycles. The summed E-state index contributed by atoms with van der Waals surface area (Å²) in [6.45, 7) is 3.04. The van der Waals surface area contributed by atoms with Crippen LogP contribution in [0.3, 0.4) is 0 Å². The lowest BCUT2D eigenvalue weighted by atomic mass is 10.1. The second-order valence-corrected chi connectivity index (χ2v) is 5.71. The summed E-state index contributed by atoms with van der Waals surface area (Å²) in [5.74, 6) is 1.21. The Balaban J connectivity index is 1.42. The van der Waals surface area contributed by atoms with Crippen LogP contribution >= 0.6 is 0 Å². The van der Waals surface area contributed by atoms with Gasteiger partial charge in [-0.2, -0.15) is 0 Å². The number of aryl methyl sites for hydroxylation is 1. The molecular weight excluding hydrogens is 328 g/mol. The fourth-order valence-corrected chi connectivity index (χ4v) is 2.25. The maximum absolute atomic E-state index is 12.0. The molecule has 1 amide bonds. The van der Waals surface area contributed by atoms with Crippen LogP contribution in [-0.4, -0.2) is 34.2 Å². The van der Waals surface area contributed by atoms with Crippen molar-refractivity contribution >= 4 is 23.2 Å². The number of carbonyl (C=O) groups excluding carboxylic acids is 1. The number of anilines is 3. The maximum atomic E-state index is 12.0. The molecule has 0 saturated carbocycles. The summed E-state index contributed by atoms with van der Waals surface area (Å²) in [5, 5.41) is 17.3. The highest BCUT2D eigenvalue weighted by molar-refractivity contribution is 5.94. The summed E-state index contributed by atoms with van der Waals surface area (Å²) in [7, 11) is 0. The Morgan fingerprint density at radius 3 is 2.27 bits per heavy atom. The number of carbonyl (C=O) groups is 1. The van der Waals surface area contributed by atoms with Crippen LogP contribution in [-0.2, 0) is 0 Å². The number of benzene rings is 1. The van der Waals surface area contributed by atoms with Crippen molar-refractivity contribution in [1.29, 1.82) is 0 Å². The molecule has 7 nitrogen and oxygen atoms in total. The largest absolute Gasteiger partial charge is 0.367 e. The predicted molar refractivity (Wildman–Crippen MR) is 102 cm³/mol. The van der Waals surface area contributed by atoms with Gasteiger partial charge in [-0.15, -0.1) is 10.2 Å². The van der Waals surface area contributed by atoms with E-state index in [2.05, 4.69) is 31.1 Å². The normalized spacial score (nSPS) is 10.2. The molecule has 0 radical (unpaired) electrons. The molecule has 0 saturated heterocycles. The van der Waals surface area contributed by atoms with Gasteiger partial charge in [0.2, 0.25) is 0 Å². The zero-order chi connectivity index (χ0) is 18.2. The second-order valence-electron chi connectivity index (χ2n) is 5.71. The van der Waals surface area contributed by atoms with Crippen molar-refractivity contribution in [3.8, 4) is 0 Å². The van der Waals surface area contributed by atoms with Gasteiger partial charge in [0.05, 0.1) is 0 Å². The molecule has 3 aromatic rings. The summed E-state index contributed by atoms with van der Waals surface area (Å²) in [6.07, 6.45) is 3.41. The molecule has 2 heterocycles. The van der Waals surface area contributed by atoms with E-state index in [0.29, 0.717) is 30.3 Å². The number of hydrogen-bond donors (Lipinski definition) is 3. The number of rotatable bonds is 7. The van der Waals surface area contributed by atoms with Gasteiger partial charge < -0.3 is 16.0 Å². The fraction of sp³-hybridized carbons (Fsp3) is 0.158. The van der Waals surface area contributed by atoms with Crippen LogP contribution in [0.15, 0.2) is 60.9 Å². The number of nitrogens with one attached hydrogen (secondary N) is 3. The third-order valence-corrected chi connectivity index (χ3v) is 3.65. The van der Waals surface area contributed by atoms with E-state index in [4.69, 9.17) is 0 Å². The Kier molecular flexibility index (Phi) is 5.72. The summed E-state index contributed by atoms with van der Waals surface area (Å²) >= 11 is 0. The lowest BCUT2D eigenvalue weighted by molar-refractivity contribution is 0.0955. The van der Waals surface area contributed by atoms with E-state index in [0.717, 1.165) is 11.3 Å². The first-order valence-electron chi connectivity index (χ1n) is 8.30. The second kappa shape index (κ2) is 8.57. The Bertz CT molecular complexity index is 834. The van der Waals surface area contributed by atoms with Crippen molar-refractivity contribution < 1.29 is 4.79 Å². The van der Waals surface area contributed by atoms with Crippen LogP contribution in [0.1, 0.15) is 15.9 Å². The molecule has 132 valence electrons. The highest BCUT2D eigenvalue weighted by Crippen LogP contribution is 2.13. The van der Waals surface area contributed by atoms with Gasteiger partial charge in [-0.05, 0) is 43.3 Å². The van der Waals surface area contributed by atoms with E-state index >= 15 is 0 Å². The molecule has 0 unspecified atom stereocenters. The third-order valence-electron chi connectivity index (χ3n) is 3.65. The van der Waals surface area contributed by atoms with E-state index in [-0.39, 0.29) is 5.91 Å². The van der Waals surface area contributed by atoms with Crippen molar-refractivity contribution in [3.63, 3.8) is 0 Å². The summed E-state index contributed by atoms with van der Waals surface area (Å²) in [6, 6.07) is 14.8. The smallest absolute Gasteiger partial charge is 0.251 e. The first-order valence-corrected chi connectivity index (χ1v) is 8.30. The zero-order valence-electron chi connectivity index (χ0n) is 14.4. The molecule has 26 heavy (non-hydrogen) atoms. The first kappa shape index (κ1) is 17.3. The summed E-state index contributed by atoms with van der Waals surface area (Å²) < 4.78 is 0. The molecule has 0 aliphatic rings. The van der Waals surface area contributed by atoms with Crippen LogP contribution in [0, 0.1) is 6.92 Å². The fourth-order valence-electron chi connectivity index (χ4n) is 2.25. The molecule has 0 aliphatic heterocycles. The molecule has 3 rings (SSSR count). The van der Waals surface area contributed by atoms with Gasteiger partial charge >= 0.3 is 0 Å². The SMILES string of the molecule is Cc1ccc(C(=O)NCCNc2ccc(Nc3ccncc3)nn2)cc1. The van der Waals surface area contributed by atoms with Gasteiger partial charge in [0, 0.05) is 36.7 Å². The average molecular weight is 348 g/mol. The van der Waals surface area contributed by atoms with E-state index in [1.165, 1.54) is 0 Å². The van der Waals surface area contributed by atoms with Crippen molar-refractivity contribution in [1.82, 2.24) is 20.5 Å². The average Bonchev–Trinajstić information content (AvgIpc) is 2.68. The van der Waals surface area contributed by atoms with E-state index < -0.39 is 0 Å². The Labute approximate surface area is 151 Å². The number of aromatic nitrogens is 3. The lowest BCUT2D eigenvalue weighted by Gasteiger charge is -2.08. The highest BCUT2D eigenvalue weighted by atomic mass is 16.1. The molecule has 3 N–H and O–H groups in total.